The zero-order valence-electron chi connectivity index (χ0n) is 15.4. The van der Waals surface area contributed by atoms with E-state index in [2.05, 4.69) is 61.5 Å². The Kier molecular flexibility index (Phi) is 6.24. The molecule has 0 aliphatic heterocycles. The van der Waals surface area contributed by atoms with Crippen molar-refractivity contribution in [3.05, 3.63) is 84.9 Å². The molecule has 3 rings (SSSR count). The van der Waals surface area contributed by atoms with Gasteiger partial charge in [-0.15, -0.1) is 0 Å². The summed E-state index contributed by atoms with van der Waals surface area (Å²) in [5.41, 5.74) is -1.73. The lowest BCUT2D eigenvalue weighted by molar-refractivity contribution is -0.404. The van der Waals surface area contributed by atoms with E-state index in [0.29, 0.717) is 12.1 Å². The van der Waals surface area contributed by atoms with Gasteiger partial charge in [0.25, 0.3) is 11.4 Å². The average Bonchev–Trinajstić information content (AvgIpc) is 2.67. The summed E-state index contributed by atoms with van der Waals surface area (Å²) in [5, 5.41) is 42.8. The van der Waals surface area contributed by atoms with E-state index in [1.54, 1.807) is 0 Å². The molecule has 0 aliphatic carbocycles. The highest BCUT2D eigenvalue weighted by Gasteiger charge is 2.30. The van der Waals surface area contributed by atoms with Crippen LogP contribution in [0.4, 0.5) is 22.7 Å². The summed E-state index contributed by atoms with van der Waals surface area (Å²) in [5.74, 6) is -1.21. The third-order valence-corrected chi connectivity index (χ3v) is 3.91. The Bertz CT molecular complexity index is 1060. The van der Waals surface area contributed by atoms with E-state index in [1.807, 2.05) is 0 Å². The van der Waals surface area contributed by atoms with Crippen LogP contribution in [0.25, 0.3) is 10.8 Å². The molecule has 11 nitrogen and oxygen atoms in total. The van der Waals surface area contributed by atoms with E-state index in [4.69, 9.17) is 5.11 Å². The Labute approximate surface area is 163 Å². The van der Waals surface area contributed by atoms with Crippen LogP contribution in [0.2, 0.25) is 0 Å². The lowest BCUT2D eigenvalue weighted by Crippen LogP contribution is -2.08. The van der Waals surface area contributed by atoms with Crippen LogP contribution in [0.5, 0.6) is 5.75 Å². The summed E-state index contributed by atoms with van der Waals surface area (Å²) in [4.78, 5) is 29.9. The number of rotatable bonds is 4. The highest BCUT2D eigenvalue weighted by molar-refractivity contribution is 5.94. The van der Waals surface area contributed by atoms with Crippen molar-refractivity contribution < 1.29 is 19.9 Å². The zero-order valence-corrected chi connectivity index (χ0v) is 15.4. The highest BCUT2D eigenvalue weighted by Crippen LogP contribution is 2.38. The molecule has 150 valence electrons. The maximum Gasteiger partial charge on any atom is 0.324 e. The van der Waals surface area contributed by atoms with Gasteiger partial charge in [-0.05, 0) is 11.5 Å². The predicted molar refractivity (Wildman–Crippen MR) is 106 cm³/mol. The summed E-state index contributed by atoms with van der Waals surface area (Å²) < 4.78 is 0. The van der Waals surface area contributed by atoms with Gasteiger partial charge in [-0.2, -0.15) is 0 Å². The first-order valence-electron chi connectivity index (χ1n) is 8.08. The molecular formula is C18H16N4O7. The van der Waals surface area contributed by atoms with E-state index in [9.17, 15) is 30.3 Å². The van der Waals surface area contributed by atoms with Crippen LogP contribution in [0.1, 0.15) is 0 Å². The number of fused-ring (bicyclic) bond motifs is 1. The first-order valence-corrected chi connectivity index (χ1v) is 8.08. The van der Waals surface area contributed by atoms with E-state index in [0.717, 1.165) is 0 Å². The number of phenols is 1. The Morgan fingerprint density at radius 2 is 1.31 bits per heavy atom. The molecule has 11 heteroatoms. The van der Waals surface area contributed by atoms with Crippen molar-refractivity contribution in [3.63, 3.8) is 0 Å². The van der Waals surface area contributed by atoms with Crippen molar-refractivity contribution in [1.82, 2.24) is 0 Å². The quantitative estimate of drug-likeness (QED) is 0.509. The molecule has 0 aliphatic rings. The summed E-state index contributed by atoms with van der Waals surface area (Å²) >= 11 is 0. The molecule has 0 heterocycles. The van der Waals surface area contributed by atoms with Gasteiger partial charge in [0.2, 0.25) is 0 Å². The molecule has 0 atom stereocenters. The SMILES string of the molecule is CN(C)c1cccc2ccccc12.O=[N+]([O-])c1cc([N+](=O)[O-])c(O)c([N+](=O)[O-])c1. The van der Waals surface area contributed by atoms with Crippen LogP contribution < -0.4 is 4.90 Å². The summed E-state index contributed by atoms with van der Waals surface area (Å²) in [6.07, 6.45) is 0. The summed E-state index contributed by atoms with van der Waals surface area (Å²) in [6, 6.07) is 15.7. The monoisotopic (exact) mass is 400 g/mol. The molecule has 0 radical (unpaired) electrons. The molecule has 1 N–H and O–H groups in total. The number of nitro benzene ring substituents is 3. The van der Waals surface area contributed by atoms with Crippen LogP contribution in [0.3, 0.4) is 0 Å². The second-order valence-corrected chi connectivity index (χ2v) is 6.00. The van der Waals surface area contributed by atoms with Gasteiger partial charge in [0.1, 0.15) is 0 Å². The van der Waals surface area contributed by atoms with Crippen LogP contribution >= 0.6 is 0 Å². The number of nitrogens with zero attached hydrogens (tertiary/aromatic N) is 4. The molecule has 0 aromatic heterocycles. The fraction of sp³-hybridized carbons (Fsp3) is 0.111. The number of phenolic OH excluding ortho intramolecular Hbond substituents is 1. The third-order valence-electron chi connectivity index (χ3n) is 3.91. The largest absolute Gasteiger partial charge is 0.497 e. The molecule has 0 bridgehead atoms. The van der Waals surface area contributed by atoms with E-state index in [1.165, 1.54) is 16.5 Å². The van der Waals surface area contributed by atoms with Gasteiger partial charge in [-0.25, -0.2) is 0 Å². The summed E-state index contributed by atoms with van der Waals surface area (Å²) in [7, 11) is 4.14. The van der Waals surface area contributed by atoms with Crippen LogP contribution in [0, 0.1) is 30.3 Å². The Morgan fingerprint density at radius 3 is 1.79 bits per heavy atom. The van der Waals surface area contributed by atoms with Gasteiger partial charge in [0, 0.05) is 25.2 Å². The number of benzene rings is 3. The van der Waals surface area contributed by atoms with Gasteiger partial charge in [0.05, 0.1) is 26.9 Å². The van der Waals surface area contributed by atoms with Crippen LogP contribution in [0.15, 0.2) is 54.6 Å². The predicted octanol–water partition coefficient (Wildman–Crippen LogP) is 4.02. The molecule has 0 spiro atoms. The fourth-order valence-corrected chi connectivity index (χ4v) is 2.57. The zero-order chi connectivity index (χ0) is 21.7. The van der Waals surface area contributed by atoms with Crippen LogP contribution in [-0.2, 0) is 0 Å². The van der Waals surface area contributed by atoms with Gasteiger partial charge < -0.3 is 10.0 Å². The second kappa shape index (κ2) is 8.61. The molecule has 0 unspecified atom stereocenters. The van der Waals surface area contributed by atoms with E-state index < -0.39 is 37.6 Å². The molecular weight excluding hydrogens is 384 g/mol. The minimum absolute atomic E-state index is 0.447. The fourth-order valence-electron chi connectivity index (χ4n) is 2.57. The Balaban J connectivity index is 0.000000211. The Hall–Kier alpha value is -4.28. The first-order chi connectivity index (χ1) is 13.6. The molecule has 0 saturated carbocycles. The number of nitro groups is 3. The van der Waals surface area contributed by atoms with Crippen molar-refractivity contribution in [2.24, 2.45) is 0 Å². The van der Waals surface area contributed by atoms with Crippen molar-refractivity contribution in [3.8, 4) is 5.75 Å². The topological polar surface area (TPSA) is 153 Å². The number of aromatic hydroxyl groups is 1. The smallest absolute Gasteiger partial charge is 0.324 e. The average molecular weight is 400 g/mol. The van der Waals surface area contributed by atoms with Gasteiger partial charge in [0.15, 0.2) is 0 Å². The molecule has 29 heavy (non-hydrogen) atoms. The van der Waals surface area contributed by atoms with Gasteiger partial charge >= 0.3 is 11.4 Å². The third kappa shape index (κ3) is 4.71. The van der Waals surface area contributed by atoms with Gasteiger partial charge in [-0.3, -0.25) is 30.3 Å². The number of anilines is 1. The highest BCUT2D eigenvalue weighted by atomic mass is 16.6. The second-order valence-electron chi connectivity index (χ2n) is 6.00. The molecule has 3 aromatic rings. The molecule has 0 fully saturated rings. The Morgan fingerprint density at radius 1 is 0.793 bits per heavy atom. The molecule has 0 amide bonds. The van der Waals surface area contributed by atoms with Crippen molar-refractivity contribution in [2.75, 3.05) is 19.0 Å². The number of hydrogen-bond donors (Lipinski definition) is 1. The summed E-state index contributed by atoms with van der Waals surface area (Å²) in [6.45, 7) is 0. The van der Waals surface area contributed by atoms with Crippen molar-refractivity contribution in [2.45, 2.75) is 0 Å². The van der Waals surface area contributed by atoms with E-state index >= 15 is 0 Å². The lowest BCUT2D eigenvalue weighted by atomic mass is 10.1. The van der Waals surface area contributed by atoms with Gasteiger partial charge in [-0.1, -0.05) is 36.4 Å². The maximum atomic E-state index is 10.4. The lowest BCUT2D eigenvalue weighted by Gasteiger charge is -2.14. The first kappa shape index (κ1) is 21.0. The van der Waals surface area contributed by atoms with Crippen molar-refractivity contribution in [1.29, 1.82) is 0 Å². The molecule has 3 aromatic carbocycles. The standard InChI is InChI=1S/C12H13N.C6H3N3O7/c1-13(2)12-9-5-7-10-6-3-4-8-11(10)12;10-6-4(8(13)14)1-3(7(11)12)2-5(6)9(15)16/h3-9H,1-2H3;1-2,10H. The van der Waals surface area contributed by atoms with Crippen molar-refractivity contribution >= 4 is 33.5 Å². The normalized spacial score (nSPS) is 10.0. The molecule has 0 saturated heterocycles. The number of hydrogen-bond acceptors (Lipinski definition) is 8. The minimum Gasteiger partial charge on any atom is -0.497 e. The maximum absolute atomic E-state index is 10.4. The van der Waals surface area contributed by atoms with E-state index in [-0.39, 0.29) is 0 Å². The van der Waals surface area contributed by atoms with Crippen LogP contribution in [-0.4, -0.2) is 34.0 Å². The minimum atomic E-state index is -1.21. The number of non-ortho nitro benzene ring substituents is 1.